The number of aryl methyl sites for hydroxylation is 1. The van der Waals surface area contributed by atoms with Crippen molar-refractivity contribution in [2.75, 3.05) is 43.5 Å². The number of carbonyl (C=O) groups excluding carboxylic acids is 2. The molecule has 4 rings (SSSR count). The predicted molar refractivity (Wildman–Crippen MR) is 136 cm³/mol. The van der Waals surface area contributed by atoms with Crippen LogP contribution in [0.15, 0.2) is 60.7 Å². The molecule has 0 atom stereocenters. The summed E-state index contributed by atoms with van der Waals surface area (Å²) in [7, 11) is 1.61. The first-order valence-electron chi connectivity index (χ1n) is 12.2. The number of alkyl halides is 3. The van der Waals surface area contributed by atoms with Crippen molar-refractivity contribution in [1.29, 1.82) is 0 Å². The van der Waals surface area contributed by atoms with Crippen LogP contribution in [0.2, 0.25) is 0 Å². The summed E-state index contributed by atoms with van der Waals surface area (Å²) >= 11 is 0. The molecule has 0 spiro atoms. The standard InChI is InChI=1S/C27H28F3N5O3/c1-38-20-11-9-19(10-12-20)5-4-8-25(36)31-23-13-14-24(33-32-23)34-15-17-35(18-16-34)26(37)21-6-2-3-7-22(21)27(28,29)30/h2-3,6-7,9-14H,4-5,8,15-18H2,1H3,(H,31,32,36). The number of ether oxygens (including phenoxy) is 1. The van der Waals surface area contributed by atoms with Crippen LogP contribution in [0.5, 0.6) is 5.75 Å². The Morgan fingerprint density at radius 2 is 1.66 bits per heavy atom. The van der Waals surface area contributed by atoms with Crippen molar-refractivity contribution in [3.8, 4) is 5.75 Å². The van der Waals surface area contributed by atoms with Crippen LogP contribution in [-0.4, -0.2) is 60.2 Å². The molecule has 1 aliphatic rings. The van der Waals surface area contributed by atoms with Crippen LogP contribution in [-0.2, 0) is 17.4 Å². The quantitative estimate of drug-likeness (QED) is 0.467. The van der Waals surface area contributed by atoms with Crippen LogP contribution in [0.1, 0.15) is 34.3 Å². The van der Waals surface area contributed by atoms with Crippen molar-refractivity contribution in [1.82, 2.24) is 15.1 Å². The van der Waals surface area contributed by atoms with E-state index in [0.717, 1.165) is 23.8 Å². The Kier molecular flexibility index (Phi) is 8.45. The normalized spacial score (nSPS) is 13.8. The fourth-order valence-corrected chi connectivity index (χ4v) is 4.24. The summed E-state index contributed by atoms with van der Waals surface area (Å²) in [6.07, 6.45) is -2.82. The van der Waals surface area contributed by atoms with Gasteiger partial charge in [0.1, 0.15) is 5.75 Å². The van der Waals surface area contributed by atoms with E-state index in [-0.39, 0.29) is 24.6 Å². The number of nitrogens with one attached hydrogen (secondary N) is 1. The topological polar surface area (TPSA) is 87.7 Å². The Hall–Kier alpha value is -4.15. The summed E-state index contributed by atoms with van der Waals surface area (Å²) in [4.78, 5) is 28.4. The highest BCUT2D eigenvalue weighted by Gasteiger charge is 2.36. The van der Waals surface area contributed by atoms with E-state index in [2.05, 4.69) is 15.5 Å². The number of aromatic nitrogens is 2. The molecule has 1 aliphatic heterocycles. The van der Waals surface area contributed by atoms with Crippen molar-refractivity contribution in [2.45, 2.75) is 25.4 Å². The fourth-order valence-electron chi connectivity index (χ4n) is 4.24. The molecule has 0 radical (unpaired) electrons. The maximum absolute atomic E-state index is 13.3. The first kappa shape index (κ1) is 26.9. The smallest absolute Gasteiger partial charge is 0.417 e. The van der Waals surface area contributed by atoms with Gasteiger partial charge in [-0.05, 0) is 54.8 Å². The molecule has 38 heavy (non-hydrogen) atoms. The van der Waals surface area contributed by atoms with Crippen LogP contribution in [0.25, 0.3) is 0 Å². The molecule has 200 valence electrons. The Balaban J connectivity index is 1.24. The Morgan fingerprint density at radius 1 is 0.947 bits per heavy atom. The Bertz CT molecular complexity index is 1240. The number of hydrogen-bond donors (Lipinski definition) is 1. The molecule has 2 aromatic carbocycles. The van der Waals surface area contributed by atoms with Gasteiger partial charge in [-0.1, -0.05) is 24.3 Å². The van der Waals surface area contributed by atoms with Crippen LogP contribution in [0, 0.1) is 0 Å². The lowest BCUT2D eigenvalue weighted by atomic mass is 10.1. The minimum atomic E-state index is -4.60. The molecule has 2 amide bonds. The van der Waals surface area contributed by atoms with Gasteiger partial charge in [0.15, 0.2) is 11.6 Å². The summed E-state index contributed by atoms with van der Waals surface area (Å²) in [5.74, 6) is 0.877. The molecule has 1 N–H and O–H groups in total. The number of amides is 2. The van der Waals surface area contributed by atoms with Crippen molar-refractivity contribution < 1.29 is 27.5 Å². The molecular formula is C27H28F3N5O3. The largest absolute Gasteiger partial charge is 0.497 e. The second-order valence-electron chi connectivity index (χ2n) is 8.85. The maximum atomic E-state index is 13.3. The van der Waals surface area contributed by atoms with Crippen LogP contribution >= 0.6 is 0 Å². The van der Waals surface area contributed by atoms with Gasteiger partial charge in [-0.3, -0.25) is 9.59 Å². The van der Waals surface area contributed by atoms with Gasteiger partial charge >= 0.3 is 6.18 Å². The third kappa shape index (κ3) is 6.78. The molecule has 1 fully saturated rings. The lowest BCUT2D eigenvalue weighted by molar-refractivity contribution is -0.138. The summed E-state index contributed by atoms with van der Waals surface area (Å²) in [6, 6.07) is 15.9. The lowest BCUT2D eigenvalue weighted by Crippen LogP contribution is -2.49. The summed E-state index contributed by atoms with van der Waals surface area (Å²) in [5.41, 5.74) is -0.164. The zero-order valence-electron chi connectivity index (χ0n) is 20.9. The van der Waals surface area contributed by atoms with Gasteiger partial charge in [-0.15, -0.1) is 10.2 Å². The first-order valence-corrected chi connectivity index (χ1v) is 12.2. The molecule has 2 heterocycles. The van der Waals surface area contributed by atoms with Crippen molar-refractivity contribution >= 4 is 23.5 Å². The molecule has 0 aliphatic carbocycles. The van der Waals surface area contributed by atoms with Gasteiger partial charge < -0.3 is 19.9 Å². The first-order chi connectivity index (χ1) is 18.2. The number of methoxy groups -OCH3 is 1. The van der Waals surface area contributed by atoms with Gasteiger partial charge in [0, 0.05) is 32.6 Å². The van der Waals surface area contributed by atoms with E-state index in [4.69, 9.17) is 4.74 Å². The molecule has 8 nitrogen and oxygen atoms in total. The number of hydrogen-bond acceptors (Lipinski definition) is 6. The monoisotopic (exact) mass is 527 g/mol. The van der Waals surface area contributed by atoms with E-state index in [1.807, 2.05) is 29.2 Å². The molecule has 3 aromatic rings. The third-order valence-corrected chi connectivity index (χ3v) is 6.30. The van der Waals surface area contributed by atoms with Crippen LogP contribution in [0.3, 0.4) is 0 Å². The van der Waals surface area contributed by atoms with Gasteiger partial charge in [-0.25, -0.2) is 0 Å². The van der Waals surface area contributed by atoms with E-state index in [1.54, 1.807) is 19.2 Å². The highest BCUT2D eigenvalue weighted by atomic mass is 19.4. The summed E-state index contributed by atoms with van der Waals surface area (Å²) < 4.78 is 45.0. The lowest BCUT2D eigenvalue weighted by Gasteiger charge is -2.35. The van der Waals surface area contributed by atoms with E-state index in [1.165, 1.54) is 23.1 Å². The highest BCUT2D eigenvalue weighted by Crippen LogP contribution is 2.32. The number of anilines is 2. The highest BCUT2D eigenvalue weighted by molar-refractivity contribution is 5.96. The van der Waals surface area contributed by atoms with E-state index >= 15 is 0 Å². The summed E-state index contributed by atoms with van der Waals surface area (Å²) in [5, 5.41) is 11.0. The number of piperazine rings is 1. The van der Waals surface area contributed by atoms with Crippen molar-refractivity contribution in [2.24, 2.45) is 0 Å². The SMILES string of the molecule is COc1ccc(CCCC(=O)Nc2ccc(N3CCN(C(=O)c4ccccc4C(F)(F)F)CC3)nn2)cc1. The zero-order valence-corrected chi connectivity index (χ0v) is 20.9. The van der Waals surface area contributed by atoms with E-state index in [0.29, 0.717) is 37.6 Å². The predicted octanol–water partition coefficient (Wildman–Crippen LogP) is 4.43. The van der Waals surface area contributed by atoms with Gasteiger partial charge in [0.2, 0.25) is 5.91 Å². The number of carbonyl (C=O) groups is 2. The Labute approximate surface area is 218 Å². The van der Waals surface area contributed by atoms with Gasteiger partial charge in [0.05, 0.1) is 18.2 Å². The van der Waals surface area contributed by atoms with Crippen molar-refractivity contribution in [3.63, 3.8) is 0 Å². The van der Waals surface area contributed by atoms with E-state index < -0.39 is 17.6 Å². The molecule has 0 saturated carbocycles. The fraction of sp³-hybridized carbons (Fsp3) is 0.333. The number of halogens is 3. The van der Waals surface area contributed by atoms with Gasteiger partial charge in [-0.2, -0.15) is 13.2 Å². The minimum absolute atomic E-state index is 0.160. The number of benzene rings is 2. The average molecular weight is 528 g/mol. The average Bonchev–Trinajstić information content (AvgIpc) is 2.93. The van der Waals surface area contributed by atoms with E-state index in [9.17, 15) is 22.8 Å². The van der Waals surface area contributed by atoms with Crippen LogP contribution in [0.4, 0.5) is 24.8 Å². The number of nitrogens with zero attached hydrogens (tertiary/aromatic N) is 4. The third-order valence-electron chi connectivity index (χ3n) is 6.30. The van der Waals surface area contributed by atoms with Crippen LogP contribution < -0.4 is 15.0 Å². The van der Waals surface area contributed by atoms with Crippen molar-refractivity contribution in [3.05, 3.63) is 77.4 Å². The minimum Gasteiger partial charge on any atom is -0.497 e. The number of rotatable bonds is 8. The molecule has 0 bridgehead atoms. The molecule has 1 saturated heterocycles. The summed E-state index contributed by atoms with van der Waals surface area (Å²) in [6.45, 7) is 1.29. The molecule has 1 aromatic heterocycles. The molecule has 11 heteroatoms. The molecular weight excluding hydrogens is 499 g/mol. The van der Waals surface area contributed by atoms with Gasteiger partial charge in [0.25, 0.3) is 5.91 Å². The maximum Gasteiger partial charge on any atom is 0.417 e. The Morgan fingerprint density at radius 3 is 2.29 bits per heavy atom. The second-order valence-corrected chi connectivity index (χ2v) is 8.85. The second kappa shape index (κ2) is 11.9. The zero-order chi connectivity index (χ0) is 27.1. The molecule has 0 unspecified atom stereocenters.